The lowest BCUT2D eigenvalue weighted by atomic mass is 10.2. The fraction of sp³-hybridized carbons (Fsp3) is 0.833. The van der Waals surface area contributed by atoms with Crippen LogP contribution in [0.1, 0.15) is 44.8 Å². The van der Waals surface area contributed by atoms with Crippen molar-refractivity contribution in [2.24, 2.45) is 0 Å². The van der Waals surface area contributed by atoms with Crippen LogP contribution in [0.15, 0.2) is 4.52 Å². The van der Waals surface area contributed by atoms with Crippen LogP contribution in [-0.4, -0.2) is 39.8 Å². The van der Waals surface area contributed by atoms with Gasteiger partial charge in [0.1, 0.15) is 0 Å². The van der Waals surface area contributed by atoms with Gasteiger partial charge in [-0.3, -0.25) is 4.90 Å². The molecule has 1 aromatic rings. The summed E-state index contributed by atoms with van der Waals surface area (Å²) < 4.78 is 5.21. The van der Waals surface area contributed by atoms with E-state index >= 15 is 0 Å². The average molecular weight is 241 g/mol. The minimum atomic E-state index is 0.224. The normalized spacial score (nSPS) is 11.3. The summed E-state index contributed by atoms with van der Waals surface area (Å²) in [5.74, 6) is 1.48. The van der Waals surface area contributed by atoms with Gasteiger partial charge in [-0.05, 0) is 19.4 Å². The first-order valence-corrected chi connectivity index (χ1v) is 6.44. The largest absolute Gasteiger partial charge is 0.396 e. The van der Waals surface area contributed by atoms with E-state index in [4.69, 9.17) is 9.63 Å². The first-order valence-electron chi connectivity index (χ1n) is 6.44. The number of nitrogens with zero attached hydrogens (tertiary/aromatic N) is 3. The molecule has 0 fully saturated rings. The Balaban J connectivity index is 2.40. The van der Waals surface area contributed by atoms with Crippen LogP contribution in [0.5, 0.6) is 0 Å². The Labute approximate surface area is 103 Å². The molecule has 0 radical (unpaired) electrons. The van der Waals surface area contributed by atoms with Crippen LogP contribution in [0.4, 0.5) is 0 Å². The van der Waals surface area contributed by atoms with Gasteiger partial charge in [-0.2, -0.15) is 4.98 Å². The Kier molecular flexibility index (Phi) is 6.81. The van der Waals surface area contributed by atoms with E-state index in [9.17, 15) is 0 Å². The minimum Gasteiger partial charge on any atom is -0.396 e. The summed E-state index contributed by atoms with van der Waals surface area (Å²) in [7, 11) is 0. The number of hydrogen-bond acceptors (Lipinski definition) is 5. The van der Waals surface area contributed by atoms with E-state index in [2.05, 4.69) is 28.9 Å². The molecule has 1 N–H and O–H groups in total. The van der Waals surface area contributed by atoms with Crippen molar-refractivity contribution in [1.29, 1.82) is 0 Å². The highest BCUT2D eigenvalue weighted by Crippen LogP contribution is 2.05. The van der Waals surface area contributed by atoms with Crippen LogP contribution in [-0.2, 0) is 13.0 Å². The lowest BCUT2D eigenvalue weighted by Gasteiger charge is -2.16. The monoisotopic (exact) mass is 241 g/mol. The molecule has 0 saturated carbocycles. The molecule has 1 aromatic heterocycles. The van der Waals surface area contributed by atoms with Crippen molar-refractivity contribution in [3.8, 4) is 0 Å². The van der Waals surface area contributed by atoms with E-state index in [1.807, 2.05) is 0 Å². The van der Waals surface area contributed by atoms with Crippen LogP contribution in [0.2, 0.25) is 0 Å². The lowest BCUT2D eigenvalue weighted by molar-refractivity contribution is 0.205. The van der Waals surface area contributed by atoms with Crippen LogP contribution >= 0.6 is 0 Å². The van der Waals surface area contributed by atoms with E-state index in [0.29, 0.717) is 12.4 Å². The molecule has 98 valence electrons. The molecule has 0 amide bonds. The summed E-state index contributed by atoms with van der Waals surface area (Å²) in [4.78, 5) is 6.55. The molecular weight excluding hydrogens is 218 g/mol. The van der Waals surface area contributed by atoms with Crippen LogP contribution in [0.25, 0.3) is 0 Å². The molecule has 0 atom stereocenters. The zero-order valence-electron chi connectivity index (χ0n) is 10.9. The standard InChI is InChI=1S/C12H23N3O2/c1-3-5-7-11-13-12(17-14-11)10-15(4-2)8-6-9-16/h16H,3-10H2,1-2H3. The Morgan fingerprint density at radius 1 is 1.29 bits per heavy atom. The number of rotatable bonds is 9. The molecule has 0 aromatic carbocycles. The molecule has 0 unspecified atom stereocenters. The summed E-state index contributed by atoms with van der Waals surface area (Å²) in [6.45, 7) is 6.92. The smallest absolute Gasteiger partial charge is 0.240 e. The maximum absolute atomic E-state index is 8.80. The molecular formula is C12H23N3O2. The van der Waals surface area contributed by atoms with E-state index in [-0.39, 0.29) is 6.61 Å². The molecule has 0 aliphatic heterocycles. The van der Waals surface area contributed by atoms with E-state index in [1.165, 1.54) is 0 Å². The van der Waals surface area contributed by atoms with Gasteiger partial charge >= 0.3 is 0 Å². The first-order chi connectivity index (χ1) is 8.30. The highest BCUT2D eigenvalue weighted by Gasteiger charge is 2.10. The summed E-state index contributed by atoms with van der Waals surface area (Å²) in [5.41, 5.74) is 0. The first kappa shape index (κ1) is 14.1. The molecule has 17 heavy (non-hydrogen) atoms. The molecule has 0 saturated heterocycles. The Hall–Kier alpha value is -0.940. The minimum absolute atomic E-state index is 0.224. The molecule has 1 heterocycles. The number of aromatic nitrogens is 2. The van der Waals surface area contributed by atoms with Crippen molar-refractivity contribution in [3.63, 3.8) is 0 Å². The fourth-order valence-electron chi connectivity index (χ4n) is 1.63. The predicted molar refractivity (Wildman–Crippen MR) is 65.6 cm³/mol. The van der Waals surface area contributed by atoms with Gasteiger partial charge < -0.3 is 9.63 Å². The number of aliphatic hydroxyl groups excluding tert-OH is 1. The third kappa shape index (κ3) is 5.28. The number of aliphatic hydroxyl groups is 1. The summed E-state index contributed by atoms with van der Waals surface area (Å²) in [5, 5.41) is 12.8. The Morgan fingerprint density at radius 3 is 2.76 bits per heavy atom. The zero-order valence-corrected chi connectivity index (χ0v) is 10.9. The van der Waals surface area contributed by atoms with Crippen molar-refractivity contribution < 1.29 is 9.63 Å². The number of aryl methyl sites for hydroxylation is 1. The van der Waals surface area contributed by atoms with Crippen molar-refractivity contribution in [1.82, 2.24) is 15.0 Å². The van der Waals surface area contributed by atoms with Crippen LogP contribution < -0.4 is 0 Å². The third-order valence-corrected chi connectivity index (χ3v) is 2.70. The lowest BCUT2D eigenvalue weighted by Crippen LogP contribution is -2.24. The van der Waals surface area contributed by atoms with E-state index < -0.39 is 0 Å². The predicted octanol–water partition coefficient (Wildman–Crippen LogP) is 1.62. The SMILES string of the molecule is CCCCc1noc(CN(CC)CCCO)n1. The summed E-state index contributed by atoms with van der Waals surface area (Å²) in [6.07, 6.45) is 3.91. The van der Waals surface area contributed by atoms with Gasteiger partial charge in [0.2, 0.25) is 5.89 Å². The van der Waals surface area contributed by atoms with Gasteiger partial charge in [0.25, 0.3) is 0 Å². The Bertz CT molecular complexity index is 302. The second kappa shape index (κ2) is 8.20. The van der Waals surface area contributed by atoms with Gasteiger partial charge in [-0.1, -0.05) is 25.4 Å². The highest BCUT2D eigenvalue weighted by atomic mass is 16.5. The molecule has 1 rings (SSSR count). The van der Waals surface area contributed by atoms with E-state index in [0.717, 1.165) is 44.6 Å². The molecule has 0 aliphatic carbocycles. The van der Waals surface area contributed by atoms with Gasteiger partial charge in [-0.15, -0.1) is 0 Å². The van der Waals surface area contributed by atoms with Crippen molar-refractivity contribution in [2.45, 2.75) is 46.1 Å². The van der Waals surface area contributed by atoms with E-state index in [1.54, 1.807) is 0 Å². The van der Waals surface area contributed by atoms with Gasteiger partial charge in [0, 0.05) is 19.6 Å². The second-order valence-electron chi connectivity index (χ2n) is 4.15. The molecule has 0 aliphatic rings. The zero-order chi connectivity index (χ0) is 12.5. The molecule has 0 bridgehead atoms. The number of unbranched alkanes of at least 4 members (excludes halogenated alkanes) is 1. The van der Waals surface area contributed by atoms with Gasteiger partial charge in [0.05, 0.1) is 6.54 Å². The summed E-state index contributed by atoms with van der Waals surface area (Å²) in [6, 6.07) is 0. The molecule has 5 nitrogen and oxygen atoms in total. The van der Waals surface area contributed by atoms with Crippen LogP contribution in [0, 0.1) is 0 Å². The average Bonchev–Trinajstić information content (AvgIpc) is 2.79. The Morgan fingerprint density at radius 2 is 2.12 bits per heavy atom. The molecule has 0 spiro atoms. The van der Waals surface area contributed by atoms with Gasteiger partial charge in [-0.25, -0.2) is 0 Å². The highest BCUT2D eigenvalue weighted by molar-refractivity contribution is 4.86. The van der Waals surface area contributed by atoms with Crippen molar-refractivity contribution in [3.05, 3.63) is 11.7 Å². The topological polar surface area (TPSA) is 62.4 Å². The number of hydrogen-bond donors (Lipinski definition) is 1. The quantitative estimate of drug-likeness (QED) is 0.711. The fourth-order valence-corrected chi connectivity index (χ4v) is 1.63. The van der Waals surface area contributed by atoms with Crippen LogP contribution in [0.3, 0.4) is 0 Å². The summed E-state index contributed by atoms with van der Waals surface area (Å²) >= 11 is 0. The van der Waals surface area contributed by atoms with Crippen molar-refractivity contribution >= 4 is 0 Å². The third-order valence-electron chi connectivity index (χ3n) is 2.70. The van der Waals surface area contributed by atoms with Gasteiger partial charge in [0.15, 0.2) is 5.82 Å². The maximum Gasteiger partial charge on any atom is 0.240 e. The maximum atomic E-state index is 8.80. The van der Waals surface area contributed by atoms with Crippen molar-refractivity contribution in [2.75, 3.05) is 19.7 Å². The second-order valence-corrected chi connectivity index (χ2v) is 4.15. The molecule has 5 heteroatoms.